The van der Waals surface area contributed by atoms with Gasteiger partial charge in [-0.3, -0.25) is 4.90 Å². The zero-order chi connectivity index (χ0) is 9.68. The van der Waals surface area contributed by atoms with E-state index in [2.05, 4.69) is 16.8 Å². The molecule has 1 aliphatic heterocycles. The maximum Gasteiger partial charge on any atom is 0.0339 e. The molecule has 0 radical (unpaired) electrons. The van der Waals surface area contributed by atoms with Crippen molar-refractivity contribution in [1.82, 2.24) is 10.2 Å². The lowest BCUT2D eigenvalue weighted by Gasteiger charge is -2.35. The van der Waals surface area contributed by atoms with E-state index in [4.69, 9.17) is 11.6 Å². The van der Waals surface area contributed by atoms with E-state index in [0.717, 1.165) is 24.7 Å². The SMILES string of the molecule is C=C(Cl)CN1CCCCC1CNC. The first-order valence-corrected chi connectivity index (χ1v) is 5.33. The Kier molecular flexibility index (Phi) is 4.78. The summed E-state index contributed by atoms with van der Waals surface area (Å²) in [5.74, 6) is 0. The quantitative estimate of drug-likeness (QED) is 0.748. The molecule has 1 atom stereocenters. The van der Waals surface area contributed by atoms with Gasteiger partial charge >= 0.3 is 0 Å². The predicted octanol–water partition coefficient (Wildman–Crippen LogP) is 1.81. The largest absolute Gasteiger partial charge is 0.318 e. The Hall–Kier alpha value is -0.0500. The van der Waals surface area contributed by atoms with Crippen molar-refractivity contribution >= 4 is 11.6 Å². The maximum absolute atomic E-state index is 5.82. The third-order valence-electron chi connectivity index (χ3n) is 2.56. The highest BCUT2D eigenvalue weighted by Gasteiger charge is 2.21. The number of likely N-dealkylation sites (tertiary alicyclic amines) is 1. The van der Waals surface area contributed by atoms with Gasteiger partial charge in [-0.25, -0.2) is 0 Å². The van der Waals surface area contributed by atoms with Gasteiger partial charge in [-0.05, 0) is 26.4 Å². The molecule has 1 saturated heterocycles. The minimum absolute atomic E-state index is 0.647. The number of halogens is 1. The molecule has 2 nitrogen and oxygen atoms in total. The average molecular weight is 203 g/mol. The second kappa shape index (κ2) is 5.63. The lowest BCUT2D eigenvalue weighted by Crippen LogP contribution is -2.45. The van der Waals surface area contributed by atoms with Crippen LogP contribution in [0.15, 0.2) is 11.6 Å². The topological polar surface area (TPSA) is 15.3 Å². The van der Waals surface area contributed by atoms with Crippen LogP contribution in [0.25, 0.3) is 0 Å². The highest BCUT2D eigenvalue weighted by molar-refractivity contribution is 6.29. The van der Waals surface area contributed by atoms with Crippen LogP contribution < -0.4 is 5.32 Å². The van der Waals surface area contributed by atoms with Crippen LogP contribution in [0.1, 0.15) is 19.3 Å². The van der Waals surface area contributed by atoms with Crippen LogP contribution in [0, 0.1) is 0 Å². The van der Waals surface area contributed by atoms with E-state index in [0.29, 0.717) is 6.04 Å². The number of nitrogens with zero attached hydrogens (tertiary/aromatic N) is 1. The summed E-state index contributed by atoms with van der Waals surface area (Å²) in [4.78, 5) is 2.43. The summed E-state index contributed by atoms with van der Waals surface area (Å²) >= 11 is 5.82. The van der Waals surface area contributed by atoms with Gasteiger partial charge in [0, 0.05) is 24.2 Å². The van der Waals surface area contributed by atoms with Gasteiger partial charge in [0.05, 0.1) is 0 Å². The summed E-state index contributed by atoms with van der Waals surface area (Å²) < 4.78 is 0. The van der Waals surface area contributed by atoms with Gasteiger partial charge in [-0.15, -0.1) is 0 Å². The first-order chi connectivity index (χ1) is 6.24. The molecule has 1 aliphatic rings. The molecule has 0 aromatic heterocycles. The van der Waals surface area contributed by atoms with Crippen LogP contribution in [0.4, 0.5) is 0 Å². The van der Waals surface area contributed by atoms with Crippen LogP contribution in [0.3, 0.4) is 0 Å². The summed E-state index contributed by atoms with van der Waals surface area (Å²) in [5, 5.41) is 3.98. The van der Waals surface area contributed by atoms with Crippen molar-refractivity contribution in [3.05, 3.63) is 11.6 Å². The fourth-order valence-corrected chi connectivity index (χ4v) is 2.11. The van der Waals surface area contributed by atoms with Gasteiger partial charge in [-0.2, -0.15) is 0 Å². The van der Waals surface area contributed by atoms with E-state index < -0.39 is 0 Å². The molecule has 0 aromatic rings. The molecule has 0 spiro atoms. The number of hydrogen-bond acceptors (Lipinski definition) is 2. The highest BCUT2D eigenvalue weighted by Crippen LogP contribution is 2.18. The summed E-state index contributed by atoms with van der Waals surface area (Å²) in [5.41, 5.74) is 0. The average Bonchev–Trinajstić information content (AvgIpc) is 2.08. The normalized spacial score (nSPS) is 24.6. The van der Waals surface area contributed by atoms with Crippen molar-refractivity contribution in [3.63, 3.8) is 0 Å². The van der Waals surface area contributed by atoms with Gasteiger partial charge in [0.2, 0.25) is 0 Å². The Morgan fingerprint density at radius 2 is 2.38 bits per heavy atom. The van der Waals surface area contributed by atoms with Gasteiger partial charge in [0.1, 0.15) is 0 Å². The highest BCUT2D eigenvalue weighted by atomic mass is 35.5. The molecule has 1 rings (SSSR count). The van der Waals surface area contributed by atoms with Crippen molar-refractivity contribution in [1.29, 1.82) is 0 Å². The molecule has 1 heterocycles. The van der Waals surface area contributed by atoms with Crippen molar-refractivity contribution in [2.75, 3.05) is 26.7 Å². The molecule has 0 saturated carbocycles. The van der Waals surface area contributed by atoms with E-state index in [1.165, 1.54) is 19.3 Å². The molecular weight excluding hydrogens is 184 g/mol. The van der Waals surface area contributed by atoms with Crippen molar-refractivity contribution in [2.24, 2.45) is 0 Å². The zero-order valence-electron chi connectivity index (χ0n) is 8.35. The molecule has 0 bridgehead atoms. The minimum Gasteiger partial charge on any atom is -0.318 e. The number of piperidine rings is 1. The van der Waals surface area contributed by atoms with Crippen molar-refractivity contribution in [3.8, 4) is 0 Å². The number of nitrogens with one attached hydrogen (secondary N) is 1. The molecule has 3 heteroatoms. The van der Waals surface area contributed by atoms with Crippen LogP contribution in [0.2, 0.25) is 0 Å². The van der Waals surface area contributed by atoms with Crippen LogP contribution >= 0.6 is 11.6 Å². The van der Waals surface area contributed by atoms with Crippen LogP contribution in [0.5, 0.6) is 0 Å². The van der Waals surface area contributed by atoms with Gasteiger partial charge < -0.3 is 5.32 Å². The van der Waals surface area contributed by atoms with E-state index in [1.807, 2.05) is 7.05 Å². The third kappa shape index (κ3) is 3.67. The van der Waals surface area contributed by atoms with Gasteiger partial charge in [0.15, 0.2) is 0 Å². The molecule has 13 heavy (non-hydrogen) atoms. The minimum atomic E-state index is 0.647. The van der Waals surface area contributed by atoms with E-state index in [-0.39, 0.29) is 0 Å². The van der Waals surface area contributed by atoms with Gasteiger partial charge in [-0.1, -0.05) is 24.6 Å². The first kappa shape index (κ1) is 11.0. The van der Waals surface area contributed by atoms with E-state index in [9.17, 15) is 0 Å². The Labute approximate surface area is 85.9 Å². The number of hydrogen-bond donors (Lipinski definition) is 1. The predicted molar refractivity (Wildman–Crippen MR) is 58.1 cm³/mol. The summed E-state index contributed by atoms with van der Waals surface area (Å²) in [6.07, 6.45) is 3.92. The van der Waals surface area contributed by atoms with Crippen molar-refractivity contribution < 1.29 is 0 Å². The maximum atomic E-state index is 5.82. The lowest BCUT2D eigenvalue weighted by molar-refractivity contribution is 0.163. The summed E-state index contributed by atoms with van der Waals surface area (Å²) in [7, 11) is 2.00. The number of rotatable bonds is 4. The lowest BCUT2D eigenvalue weighted by atomic mass is 10.0. The molecule has 76 valence electrons. The third-order valence-corrected chi connectivity index (χ3v) is 2.68. The summed E-state index contributed by atoms with van der Waals surface area (Å²) in [6.45, 7) is 6.81. The second-order valence-electron chi connectivity index (χ2n) is 3.70. The Balaban J connectivity index is 2.41. The molecule has 0 amide bonds. The van der Waals surface area contributed by atoms with Crippen LogP contribution in [-0.4, -0.2) is 37.6 Å². The summed E-state index contributed by atoms with van der Waals surface area (Å²) in [6, 6.07) is 0.647. The second-order valence-corrected chi connectivity index (χ2v) is 4.23. The number of likely N-dealkylation sites (N-methyl/N-ethyl adjacent to an activating group) is 1. The van der Waals surface area contributed by atoms with Gasteiger partial charge in [0.25, 0.3) is 0 Å². The smallest absolute Gasteiger partial charge is 0.0339 e. The zero-order valence-corrected chi connectivity index (χ0v) is 9.11. The molecule has 0 aliphatic carbocycles. The van der Waals surface area contributed by atoms with Crippen molar-refractivity contribution in [2.45, 2.75) is 25.3 Å². The van der Waals surface area contributed by atoms with E-state index >= 15 is 0 Å². The first-order valence-electron chi connectivity index (χ1n) is 4.96. The fraction of sp³-hybridized carbons (Fsp3) is 0.800. The van der Waals surface area contributed by atoms with Crippen LogP contribution in [-0.2, 0) is 0 Å². The Bertz CT molecular complexity index is 168. The Morgan fingerprint density at radius 1 is 1.62 bits per heavy atom. The molecule has 1 fully saturated rings. The van der Waals surface area contributed by atoms with E-state index in [1.54, 1.807) is 0 Å². The fourth-order valence-electron chi connectivity index (χ4n) is 1.96. The monoisotopic (exact) mass is 202 g/mol. The molecule has 0 aromatic carbocycles. The Morgan fingerprint density at radius 3 is 3.00 bits per heavy atom. The molecule has 1 unspecified atom stereocenters. The molecular formula is C10H19ClN2. The molecule has 1 N–H and O–H groups in total. The standard InChI is InChI=1S/C10H19ClN2/c1-9(11)8-13-6-4-3-5-10(13)7-12-2/h10,12H,1,3-8H2,2H3.